The number of fused-ring (bicyclic) bond motifs is 5. The van der Waals surface area contributed by atoms with Gasteiger partial charge in [-0.1, -0.05) is 41.0 Å². The van der Waals surface area contributed by atoms with E-state index in [1.54, 1.807) is 0 Å². The molecule has 0 amide bonds. The molecule has 0 N–H and O–H groups in total. The van der Waals surface area contributed by atoms with Gasteiger partial charge in [-0.3, -0.25) is 4.79 Å². The molecule has 1 aliphatic heterocycles. The maximum absolute atomic E-state index is 13.8. The molecular formula is C30H48O2. The maximum Gasteiger partial charge on any atom is 0.313 e. The lowest BCUT2D eigenvalue weighted by Gasteiger charge is -2.73. The van der Waals surface area contributed by atoms with Gasteiger partial charge in [0, 0.05) is 5.92 Å². The zero-order chi connectivity index (χ0) is 22.9. The Morgan fingerprint density at radius 3 is 2.03 bits per heavy atom. The van der Waals surface area contributed by atoms with E-state index >= 15 is 0 Å². The van der Waals surface area contributed by atoms with Gasteiger partial charge in [0.2, 0.25) is 0 Å². The molecule has 0 radical (unpaired) electrons. The molecule has 1 saturated heterocycles. The zero-order valence-corrected chi connectivity index (χ0v) is 22.0. The van der Waals surface area contributed by atoms with Crippen molar-refractivity contribution in [3.63, 3.8) is 0 Å². The molecule has 180 valence electrons. The predicted octanol–water partition coefficient (Wildman–Crippen LogP) is 7.79. The molecular weight excluding hydrogens is 392 g/mol. The van der Waals surface area contributed by atoms with Gasteiger partial charge in [-0.05, 0) is 123 Å². The number of ether oxygens (including phenoxy) is 1. The van der Waals surface area contributed by atoms with Gasteiger partial charge >= 0.3 is 5.97 Å². The van der Waals surface area contributed by atoms with Crippen LogP contribution in [0.1, 0.15) is 119 Å². The van der Waals surface area contributed by atoms with E-state index in [1.165, 1.54) is 64.2 Å². The molecule has 32 heavy (non-hydrogen) atoms. The number of carbonyl (C=O) groups excluding carboxylic acids is 1. The Morgan fingerprint density at radius 2 is 1.28 bits per heavy atom. The largest absolute Gasteiger partial charge is 0.459 e. The molecule has 2 nitrogen and oxygen atoms in total. The first-order chi connectivity index (χ1) is 14.8. The highest BCUT2D eigenvalue weighted by molar-refractivity contribution is 5.80. The second-order valence-corrected chi connectivity index (χ2v) is 15.3. The van der Waals surface area contributed by atoms with Crippen molar-refractivity contribution < 1.29 is 9.53 Å². The lowest BCUT2D eigenvalue weighted by Crippen LogP contribution is -2.68. The van der Waals surface area contributed by atoms with E-state index in [1.807, 2.05) is 0 Å². The molecule has 0 aromatic heterocycles. The molecule has 0 unspecified atom stereocenters. The van der Waals surface area contributed by atoms with Crippen molar-refractivity contribution in [2.24, 2.45) is 56.7 Å². The summed E-state index contributed by atoms with van der Waals surface area (Å²) >= 11 is 0. The third-order valence-electron chi connectivity index (χ3n) is 13.9. The third kappa shape index (κ3) is 2.27. The smallest absolute Gasteiger partial charge is 0.313 e. The molecule has 2 bridgehead atoms. The van der Waals surface area contributed by atoms with Crippen LogP contribution in [0.2, 0.25) is 0 Å². The Labute approximate surface area is 197 Å². The highest BCUT2D eigenvalue weighted by Gasteiger charge is 2.75. The number of rotatable bonds is 0. The van der Waals surface area contributed by atoms with Gasteiger partial charge in [0.15, 0.2) is 0 Å². The summed E-state index contributed by atoms with van der Waals surface area (Å²) in [5.41, 5.74) is 1.15. The number of hydrogen-bond donors (Lipinski definition) is 0. The SMILES string of the molecule is CC1(C)CCC[C@]2(C)[C@H]3CC[C@@H]4[C@@]56CC[C@@H]([C@@H]5CC[C@@]4(C)[C@]3(C)CC[C@@H]12)C(C)(C)OC6=O. The van der Waals surface area contributed by atoms with Crippen LogP contribution in [-0.4, -0.2) is 11.6 Å². The van der Waals surface area contributed by atoms with Crippen LogP contribution in [0.15, 0.2) is 0 Å². The summed E-state index contributed by atoms with van der Waals surface area (Å²) in [6.45, 7) is 17.5. The zero-order valence-electron chi connectivity index (χ0n) is 22.0. The Kier molecular flexibility index (Phi) is 4.24. The molecule has 0 spiro atoms. The molecule has 6 rings (SSSR count). The summed E-state index contributed by atoms with van der Waals surface area (Å²) in [7, 11) is 0. The first-order valence-electron chi connectivity index (χ1n) is 14.1. The molecule has 6 fully saturated rings. The quantitative estimate of drug-likeness (QED) is 0.359. The number of carbonyl (C=O) groups is 1. The summed E-state index contributed by atoms with van der Waals surface area (Å²) in [5, 5.41) is 0. The Hall–Kier alpha value is -0.530. The standard InChI is InChI=1S/C30H48O2/c1-25(2)14-8-15-27(5)21(25)13-17-28(6)22(27)9-10-23-29(28,7)16-11-20-19-12-18-30(20,23)24(31)32-26(19,3)4/h19-23H,8-18H2,1-7H3/t19-,20-,21-,22+,23-,27-,28+,29+,30+/m0/s1. The average Bonchev–Trinajstić information content (AvgIpc) is 3.04. The van der Waals surface area contributed by atoms with Crippen LogP contribution in [-0.2, 0) is 9.53 Å². The van der Waals surface area contributed by atoms with Crippen LogP contribution in [0.25, 0.3) is 0 Å². The number of hydrogen-bond acceptors (Lipinski definition) is 2. The van der Waals surface area contributed by atoms with E-state index in [9.17, 15) is 4.79 Å². The van der Waals surface area contributed by atoms with Crippen LogP contribution in [0.3, 0.4) is 0 Å². The molecule has 0 aromatic carbocycles. The number of esters is 1. The Morgan fingerprint density at radius 1 is 0.656 bits per heavy atom. The average molecular weight is 441 g/mol. The van der Waals surface area contributed by atoms with Crippen LogP contribution < -0.4 is 0 Å². The van der Waals surface area contributed by atoms with E-state index in [4.69, 9.17) is 4.74 Å². The second-order valence-electron chi connectivity index (χ2n) is 15.3. The summed E-state index contributed by atoms with van der Waals surface area (Å²) in [6, 6.07) is 0. The fraction of sp³-hybridized carbons (Fsp3) is 0.967. The summed E-state index contributed by atoms with van der Waals surface area (Å²) < 4.78 is 6.28. The molecule has 6 aliphatic rings. The predicted molar refractivity (Wildman–Crippen MR) is 129 cm³/mol. The topological polar surface area (TPSA) is 26.3 Å². The molecule has 9 atom stereocenters. The van der Waals surface area contributed by atoms with Gasteiger partial charge in [0.25, 0.3) is 0 Å². The molecule has 1 heterocycles. The minimum Gasteiger partial charge on any atom is -0.459 e. The molecule has 2 heteroatoms. The molecule has 0 aromatic rings. The van der Waals surface area contributed by atoms with Gasteiger partial charge in [-0.15, -0.1) is 0 Å². The van der Waals surface area contributed by atoms with Crippen LogP contribution in [0, 0.1) is 56.7 Å². The summed E-state index contributed by atoms with van der Waals surface area (Å²) in [4.78, 5) is 13.8. The fourth-order valence-corrected chi connectivity index (χ4v) is 12.4. The van der Waals surface area contributed by atoms with Gasteiger partial charge in [-0.2, -0.15) is 0 Å². The Bertz CT molecular complexity index is 842. The van der Waals surface area contributed by atoms with Crippen LogP contribution in [0.4, 0.5) is 0 Å². The summed E-state index contributed by atoms with van der Waals surface area (Å²) in [5.74, 6) is 3.54. The van der Waals surface area contributed by atoms with Crippen molar-refractivity contribution in [3.8, 4) is 0 Å². The summed E-state index contributed by atoms with van der Waals surface area (Å²) in [6.07, 6.45) is 14.5. The van der Waals surface area contributed by atoms with Crippen molar-refractivity contribution in [1.82, 2.24) is 0 Å². The lowest BCUT2D eigenvalue weighted by molar-refractivity contribution is -0.261. The Balaban J connectivity index is 1.42. The van der Waals surface area contributed by atoms with E-state index in [0.717, 1.165) is 18.3 Å². The van der Waals surface area contributed by atoms with Gasteiger partial charge in [0.05, 0.1) is 5.41 Å². The first kappa shape index (κ1) is 22.0. The van der Waals surface area contributed by atoms with Gasteiger partial charge in [0.1, 0.15) is 5.60 Å². The lowest BCUT2D eigenvalue weighted by atomic mass is 9.31. The third-order valence-corrected chi connectivity index (χ3v) is 13.9. The minimum atomic E-state index is -0.268. The monoisotopic (exact) mass is 440 g/mol. The normalized spacial score (nSPS) is 57.5. The molecule has 5 aliphatic carbocycles. The van der Waals surface area contributed by atoms with Crippen molar-refractivity contribution in [2.45, 2.75) is 125 Å². The minimum absolute atomic E-state index is 0.176. The van der Waals surface area contributed by atoms with E-state index in [0.29, 0.717) is 34.0 Å². The van der Waals surface area contributed by atoms with Crippen molar-refractivity contribution in [3.05, 3.63) is 0 Å². The number of cyclic esters (lactones) is 1. The van der Waals surface area contributed by atoms with Crippen LogP contribution in [0.5, 0.6) is 0 Å². The fourth-order valence-electron chi connectivity index (χ4n) is 12.4. The van der Waals surface area contributed by atoms with Crippen molar-refractivity contribution >= 4 is 5.97 Å². The maximum atomic E-state index is 13.8. The first-order valence-corrected chi connectivity index (χ1v) is 14.1. The van der Waals surface area contributed by atoms with E-state index in [2.05, 4.69) is 48.5 Å². The van der Waals surface area contributed by atoms with Gasteiger partial charge < -0.3 is 4.74 Å². The van der Waals surface area contributed by atoms with E-state index in [-0.39, 0.29) is 22.4 Å². The van der Waals surface area contributed by atoms with Crippen LogP contribution >= 0.6 is 0 Å². The van der Waals surface area contributed by atoms with Crippen molar-refractivity contribution in [1.29, 1.82) is 0 Å². The molecule has 5 saturated carbocycles. The van der Waals surface area contributed by atoms with Gasteiger partial charge in [-0.25, -0.2) is 0 Å². The second kappa shape index (κ2) is 6.17. The highest BCUT2D eigenvalue weighted by atomic mass is 16.6. The highest BCUT2D eigenvalue weighted by Crippen LogP contribution is 2.79. The van der Waals surface area contributed by atoms with Crippen molar-refractivity contribution in [2.75, 3.05) is 0 Å². The van der Waals surface area contributed by atoms with E-state index < -0.39 is 0 Å².